The first kappa shape index (κ1) is 11.6. The molecule has 0 unspecified atom stereocenters. The molecule has 0 heterocycles. The number of nitrogens with two attached hydrogens (primary N) is 1. The van der Waals surface area contributed by atoms with Crippen molar-refractivity contribution in [2.24, 2.45) is 0 Å². The summed E-state index contributed by atoms with van der Waals surface area (Å²) in [5.41, 5.74) is 7.08. The van der Waals surface area contributed by atoms with Gasteiger partial charge in [-0.25, -0.2) is 0 Å². The Morgan fingerprint density at radius 2 is 2.33 bits per heavy atom. The SMILES string of the molecule is COC(=O)CC#Cc1ccc(N)c(Br)c1. The summed E-state index contributed by atoms with van der Waals surface area (Å²) in [7, 11) is 1.34. The van der Waals surface area contributed by atoms with Gasteiger partial charge < -0.3 is 10.5 Å². The van der Waals surface area contributed by atoms with Crippen LogP contribution < -0.4 is 5.73 Å². The first-order valence-corrected chi connectivity index (χ1v) is 5.03. The summed E-state index contributed by atoms with van der Waals surface area (Å²) in [5.74, 6) is 5.22. The second-order valence-corrected chi connectivity index (χ2v) is 3.65. The molecule has 1 aromatic carbocycles. The molecule has 1 aromatic rings. The van der Waals surface area contributed by atoms with Crippen LogP contribution in [0.1, 0.15) is 12.0 Å². The molecule has 0 radical (unpaired) electrons. The van der Waals surface area contributed by atoms with Crippen LogP contribution in [-0.4, -0.2) is 13.1 Å². The Hall–Kier alpha value is -1.47. The van der Waals surface area contributed by atoms with E-state index in [0.29, 0.717) is 5.69 Å². The van der Waals surface area contributed by atoms with Crippen molar-refractivity contribution >= 4 is 27.6 Å². The molecule has 0 atom stereocenters. The number of methoxy groups -OCH3 is 1. The van der Waals surface area contributed by atoms with Crippen LogP contribution in [0.3, 0.4) is 0 Å². The average Bonchev–Trinajstić information content (AvgIpc) is 2.23. The monoisotopic (exact) mass is 267 g/mol. The molecule has 2 N–H and O–H groups in total. The third-order valence-corrected chi connectivity index (χ3v) is 2.38. The first-order chi connectivity index (χ1) is 7.13. The van der Waals surface area contributed by atoms with Gasteiger partial charge in [0.25, 0.3) is 0 Å². The molecule has 0 aliphatic heterocycles. The first-order valence-electron chi connectivity index (χ1n) is 4.24. The van der Waals surface area contributed by atoms with Crippen LogP contribution in [-0.2, 0) is 9.53 Å². The highest BCUT2D eigenvalue weighted by Crippen LogP contribution is 2.19. The van der Waals surface area contributed by atoms with Crippen molar-refractivity contribution in [2.75, 3.05) is 12.8 Å². The third kappa shape index (κ3) is 3.64. The second-order valence-electron chi connectivity index (χ2n) is 2.79. The van der Waals surface area contributed by atoms with Crippen LogP contribution in [0.4, 0.5) is 5.69 Å². The largest absolute Gasteiger partial charge is 0.468 e. The number of carbonyl (C=O) groups is 1. The van der Waals surface area contributed by atoms with E-state index in [1.165, 1.54) is 7.11 Å². The number of nitrogen functional groups attached to an aromatic ring is 1. The predicted molar refractivity (Wildman–Crippen MR) is 62.1 cm³/mol. The summed E-state index contributed by atoms with van der Waals surface area (Å²) in [4.78, 5) is 10.8. The smallest absolute Gasteiger partial charge is 0.317 e. The lowest BCUT2D eigenvalue weighted by Gasteiger charge is -1.97. The standard InChI is InChI=1S/C11H10BrNO2/c1-15-11(14)4-2-3-8-5-6-10(13)9(12)7-8/h5-7H,4,13H2,1H3. The molecule has 0 saturated carbocycles. The Bertz CT molecular complexity index is 432. The predicted octanol–water partition coefficient (Wildman–Crippen LogP) is 1.95. The van der Waals surface area contributed by atoms with Gasteiger partial charge in [0, 0.05) is 15.7 Å². The van der Waals surface area contributed by atoms with Crippen molar-refractivity contribution in [3.8, 4) is 11.8 Å². The quantitative estimate of drug-likeness (QED) is 0.481. The normalized spacial score (nSPS) is 8.93. The lowest BCUT2D eigenvalue weighted by atomic mass is 10.2. The van der Waals surface area contributed by atoms with Gasteiger partial charge in [-0.2, -0.15) is 0 Å². The van der Waals surface area contributed by atoms with Crippen molar-refractivity contribution in [3.63, 3.8) is 0 Å². The molecular weight excluding hydrogens is 258 g/mol. The number of hydrogen-bond acceptors (Lipinski definition) is 3. The van der Waals surface area contributed by atoms with Gasteiger partial charge in [0.2, 0.25) is 0 Å². The number of rotatable bonds is 1. The van der Waals surface area contributed by atoms with Crippen molar-refractivity contribution in [2.45, 2.75) is 6.42 Å². The van der Waals surface area contributed by atoms with E-state index in [0.717, 1.165) is 10.0 Å². The summed E-state index contributed by atoms with van der Waals surface area (Å²) in [6.45, 7) is 0. The topological polar surface area (TPSA) is 52.3 Å². The van der Waals surface area contributed by atoms with Gasteiger partial charge >= 0.3 is 5.97 Å². The number of ether oxygens (including phenoxy) is 1. The molecule has 0 aliphatic carbocycles. The van der Waals surface area contributed by atoms with E-state index in [1.807, 2.05) is 0 Å². The number of carbonyl (C=O) groups excluding carboxylic acids is 1. The van der Waals surface area contributed by atoms with Crippen LogP contribution in [0.2, 0.25) is 0 Å². The number of benzene rings is 1. The zero-order valence-corrected chi connectivity index (χ0v) is 9.80. The van der Waals surface area contributed by atoms with Gasteiger partial charge in [-0.1, -0.05) is 11.8 Å². The molecule has 15 heavy (non-hydrogen) atoms. The molecule has 0 bridgehead atoms. The van der Waals surface area contributed by atoms with Crippen molar-refractivity contribution in [1.82, 2.24) is 0 Å². The molecule has 0 spiro atoms. The minimum absolute atomic E-state index is 0.0957. The van der Waals surface area contributed by atoms with E-state index in [-0.39, 0.29) is 12.4 Å². The lowest BCUT2D eigenvalue weighted by molar-refractivity contribution is -0.139. The summed E-state index contributed by atoms with van der Waals surface area (Å²) < 4.78 is 5.26. The average molecular weight is 268 g/mol. The maximum absolute atomic E-state index is 10.8. The van der Waals surface area contributed by atoms with E-state index in [2.05, 4.69) is 32.5 Å². The molecule has 0 fully saturated rings. The summed E-state index contributed by atoms with van der Waals surface area (Å²) in [5, 5.41) is 0. The summed E-state index contributed by atoms with van der Waals surface area (Å²) in [6.07, 6.45) is 0.0957. The highest BCUT2D eigenvalue weighted by atomic mass is 79.9. The fraction of sp³-hybridized carbons (Fsp3) is 0.182. The van der Waals surface area contributed by atoms with Crippen LogP contribution in [0.5, 0.6) is 0 Å². The lowest BCUT2D eigenvalue weighted by Crippen LogP contribution is -1.97. The van der Waals surface area contributed by atoms with Gasteiger partial charge in [-0.15, -0.1) is 0 Å². The zero-order chi connectivity index (χ0) is 11.3. The van der Waals surface area contributed by atoms with Crippen molar-refractivity contribution < 1.29 is 9.53 Å². The minimum atomic E-state index is -0.336. The zero-order valence-electron chi connectivity index (χ0n) is 8.21. The Balaban J connectivity index is 2.72. The molecule has 78 valence electrons. The Labute approximate surface area is 96.7 Å². The molecular formula is C11H10BrNO2. The van der Waals surface area contributed by atoms with Gasteiger partial charge in [0.05, 0.1) is 7.11 Å². The van der Waals surface area contributed by atoms with E-state index in [9.17, 15) is 4.79 Å². The maximum atomic E-state index is 10.8. The Morgan fingerprint density at radius 3 is 2.93 bits per heavy atom. The Morgan fingerprint density at radius 1 is 1.60 bits per heavy atom. The van der Waals surface area contributed by atoms with Gasteiger partial charge in [-0.05, 0) is 34.1 Å². The Kier molecular flexibility index (Phi) is 4.19. The van der Waals surface area contributed by atoms with E-state index >= 15 is 0 Å². The number of halogens is 1. The third-order valence-electron chi connectivity index (χ3n) is 1.69. The van der Waals surface area contributed by atoms with E-state index in [4.69, 9.17) is 5.73 Å². The highest BCUT2D eigenvalue weighted by molar-refractivity contribution is 9.10. The molecule has 0 aliphatic rings. The summed E-state index contributed by atoms with van der Waals surface area (Å²) >= 11 is 3.30. The van der Waals surface area contributed by atoms with E-state index in [1.54, 1.807) is 18.2 Å². The van der Waals surface area contributed by atoms with Crippen molar-refractivity contribution in [1.29, 1.82) is 0 Å². The highest BCUT2D eigenvalue weighted by Gasteiger charge is 1.96. The van der Waals surface area contributed by atoms with Gasteiger partial charge in [0.1, 0.15) is 6.42 Å². The van der Waals surface area contributed by atoms with Crippen molar-refractivity contribution in [3.05, 3.63) is 28.2 Å². The number of hydrogen-bond donors (Lipinski definition) is 1. The van der Waals surface area contributed by atoms with E-state index < -0.39 is 0 Å². The van der Waals surface area contributed by atoms with Crippen LogP contribution in [0, 0.1) is 11.8 Å². The number of anilines is 1. The van der Waals surface area contributed by atoms with Crippen LogP contribution in [0.25, 0.3) is 0 Å². The molecule has 4 heteroatoms. The summed E-state index contributed by atoms with van der Waals surface area (Å²) in [6, 6.07) is 5.36. The fourth-order valence-corrected chi connectivity index (χ4v) is 1.27. The van der Waals surface area contributed by atoms with Gasteiger partial charge in [0.15, 0.2) is 0 Å². The molecule has 0 saturated heterocycles. The molecule has 0 amide bonds. The van der Waals surface area contributed by atoms with Crippen LogP contribution >= 0.6 is 15.9 Å². The maximum Gasteiger partial charge on any atom is 0.317 e. The van der Waals surface area contributed by atoms with Crippen LogP contribution in [0.15, 0.2) is 22.7 Å². The molecule has 3 nitrogen and oxygen atoms in total. The number of esters is 1. The molecule has 1 rings (SSSR count). The van der Waals surface area contributed by atoms with Gasteiger partial charge in [-0.3, -0.25) is 4.79 Å². The second kappa shape index (κ2) is 5.42. The minimum Gasteiger partial charge on any atom is -0.468 e. The molecule has 0 aromatic heterocycles. The fourth-order valence-electron chi connectivity index (χ4n) is 0.895.